The first-order chi connectivity index (χ1) is 17.4. The van der Waals surface area contributed by atoms with Crippen molar-refractivity contribution in [2.45, 2.75) is 103 Å². The fourth-order valence-corrected chi connectivity index (χ4v) is 5.08. The number of phenols is 2. The van der Waals surface area contributed by atoms with E-state index in [0.29, 0.717) is 31.1 Å². The van der Waals surface area contributed by atoms with E-state index in [1.54, 1.807) is 11.0 Å². The number of benzene rings is 1. The fraction of sp³-hybridized carbons (Fsp3) is 0.724. The molecule has 0 radical (unpaired) electrons. The number of esters is 1. The van der Waals surface area contributed by atoms with E-state index < -0.39 is 6.04 Å². The molecular formula is C29H46N2O6. The molecule has 1 heterocycles. The van der Waals surface area contributed by atoms with Crippen LogP contribution in [0.1, 0.15) is 101 Å². The Kier molecular flexibility index (Phi) is 10.2. The molecular weight excluding hydrogens is 472 g/mol. The van der Waals surface area contributed by atoms with Gasteiger partial charge >= 0.3 is 5.97 Å². The summed E-state index contributed by atoms with van der Waals surface area (Å²) in [5.74, 6) is -0.138. The number of piperidine rings is 1. The number of phenolic OH excluding ortho intramolecular Hbond substituents is 2. The summed E-state index contributed by atoms with van der Waals surface area (Å²) in [7, 11) is 0. The van der Waals surface area contributed by atoms with Crippen molar-refractivity contribution < 1.29 is 29.3 Å². The van der Waals surface area contributed by atoms with Gasteiger partial charge in [0.2, 0.25) is 0 Å². The molecule has 1 aliphatic carbocycles. The van der Waals surface area contributed by atoms with Gasteiger partial charge in [-0.15, -0.1) is 0 Å². The van der Waals surface area contributed by atoms with Crippen molar-refractivity contribution in [3.63, 3.8) is 0 Å². The SMILES string of the molecule is CC(C)c1cc(C(=O)N2CCC(CCN[C@@H](COC(C)(C)C)C(=O)OC3CCCC3)CC2)c(O)cc1O. The number of aromatic hydroxyl groups is 2. The van der Waals surface area contributed by atoms with Gasteiger partial charge < -0.3 is 29.9 Å². The van der Waals surface area contributed by atoms with Crippen molar-refractivity contribution in [1.29, 1.82) is 0 Å². The molecule has 0 aromatic heterocycles. The third-order valence-corrected chi connectivity index (χ3v) is 7.40. The summed E-state index contributed by atoms with van der Waals surface area (Å²) < 4.78 is 11.6. The summed E-state index contributed by atoms with van der Waals surface area (Å²) in [5.41, 5.74) is 0.553. The molecule has 3 N–H and O–H groups in total. The molecule has 1 amide bonds. The van der Waals surface area contributed by atoms with Crippen LogP contribution in [-0.2, 0) is 14.3 Å². The van der Waals surface area contributed by atoms with Gasteiger partial charge in [-0.1, -0.05) is 13.8 Å². The van der Waals surface area contributed by atoms with Crippen molar-refractivity contribution in [3.8, 4) is 11.5 Å². The third kappa shape index (κ3) is 8.60. The van der Waals surface area contributed by atoms with Gasteiger partial charge in [0, 0.05) is 19.2 Å². The predicted molar refractivity (Wildman–Crippen MR) is 143 cm³/mol. The minimum atomic E-state index is -0.492. The second kappa shape index (κ2) is 13.0. The Morgan fingerprint density at radius 1 is 1.05 bits per heavy atom. The van der Waals surface area contributed by atoms with Crippen LogP contribution in [0, 0.1) is 5.92 Å². The van der Waals surface area contributed by atoms with Gasteiger partial charge in [-0.05, 0) is 95.7 Å². The number of hydrogen-bond acceptors (Lipinski definition) is 7. The van der Waals surface area contributed by atoms with Crippen molar-refractivity contribution >= 4 is 11.9 Å². The Balaban J connectivity index is 1.49. The van der Waals surface area contributed by atoms with E-state index in [9.17, 15) is 19.8 Å². The summed E-state index contributed by atoms with van der Waals surface area (Å²) in [6.07, 6.45) is 6.75. The second-order valence-corrected chi connectivity index (χ2v) is 11.9. The first-order valence-electron chi connectivity index (χ1n) is 13.9. The van der Waals surface area contributed by atoms with Crippen LogP contribution in [0.25, 0.3) is 0 Å². The van der Waals surface area contributed by atoms with Gasteiger partial charge in [-0.3, -0.25) is 9.59 Å². The van der Waals surface area contributed by atoms with E-state index in [4.69, 9.17) is 9.47 Å². The molecule has 1 atom stereocenters. The summed E-state index contributed by atoms with van der Waals surface area (Å²) in [5, 5.41) is 23.7. The highest BCUT2D eigenvalue weighted by Crippen LogP contribution is 2.33. The number of carbonyl (C=O) groups is 2. The van der Waals surface area contributed by atoms with Crippen LogP contribution in [0.15, 0.2) is 12.1 Å². The molecule has 8 heteroatoms. The summed E-state index contributed by atoms with van der Waals surface area (Å²) >= 11 is 0. The number of nitrogens with one attached hydrogen (secondary N) is 1. The number of carbonyl (C=O) groups excluding carboxylic acids is 2. The average Bonchev–Trinajstić information content (AvgIpc) is 3.33. The van der Waals surface area contributed by atoms with Crippen LogP contribution in [-0.4, -0.2) is 71.0 Å². The Bertz CT molecular complexity index is 912. The van der Waals surface area contributed by atoms with Crippen molar-refractivity contribution in [2.75, 3.05) is 26.2 Å². The zero-order valence-corrected chi connectivity index (χ0v) is 23.2. The van der Waals surface area contributed by atoms with Crippen LogP contribution < -0.4 is 5.32 Å². The molecule has 0 spiro atoms. The second-order valence-electron chi connectivity index (χ2n) is 11.9. The van der Waals surface area contributed by atoms with Gasteiger partial charge in [-0.2, -0.15) is 0 Å². The van der Waals surface area contributed by atoms with E-state index >= 15 is 0 Å². The van der Waals surface area contributed by atoms with Crippen LogP contribution in [0.4, 0.5) is 0 Å². The van der Waals surface area contributed by atoms with Gasteiger partial charge in [0.25, 0.3) is 5.91 Å². The van der Waals surface area contributed by atoms with E-state index in [0.717, 1.165) is 44.9 Å². The maximum absolute atomic E-state index is 13.1. The van der Waals surface area contributed by atoms with E-state index in [1.165, 1.54) is 6.07 Å². The largest absolute Gasteiger partial charge is 0.508 e. The number of amides is 1. The third-order valence-electron chi connectivity index (χ3n) is 7.40. The molecule has 2 fully saturated rings. The lowest BCUT2D eigenvalue weighted by molar-refractivity contribution is -0.154. The maximum atomic E-state index is 13.1. The van der Waals surface area contributed by atoms with Crippen LogP contribution >= 0.6 is 0 Å². The number of likely N-dealkylation sites (tertiary alicyclic amines) is 1. The molecule has 8 nitrogen and oxygen atoms in total. The Morgan fingerprint density at radius 2 is 1.70 bits per heavy atom. The van der Waals surface area contributed by atoms with Gasteiger partial charge in [0.15, 0.2) is 0 Å². The Labute approximate surface area is 221 Å². The van der Waals surface area contributed by atoms with Gasteiger partial charge in [0.05, 0.1) is 17.8 Å². The van der Waals surface area contributed by atoms with Crippen molar-refractivity contribution in [1.82, 2.24) is 10.2 Å². The number of rotatable bonds is 10. The van der Waals surface area contributed by atoms with Crippen molar-refractivity contribution in [3.05, 3.63) is 23.3 Å². The minimum absolute atomic E-state index is 0.00795. The lowest BCUT2D eigenvalue weighted by atomic mass is 9.92. The molecule has 37 heavy (non-hydrogen) atoms. The highest BCUT2D eigenvalue weighted by Gasteiger charge is 2.29. The van der Waals surface area contributed by atoms with Gasteiger partial charge in [0.1, 0.15) is 23.6 Å². The molecule has 0 bridgehead atoms. The zero-order chi connectivity index (χ0) is 27.2. The highest BCUT2D eigenvalue weighted by molar-refractivity contribution is 5.97. The number of nitrogens with zero attached hydrogens (tertiary/aromatic N) is 1. The minimum Gasteiger partial charge on any atom is -0.508 e. The van der Waals surface area contributed by atoms with Crippen LogP contribution in [0.3, 0.4) is 0 Å². The lowest BCUT2D eigenvalue weighted by Gasteiger charge is -2.33. The van der Waals surface area contributed by atoms with E-state index in [-0.39, 0.29) is 53.2 Å². The summed E-state index contributed by atoms with van der Waals surface area (Å²) in [6, 6.07) is 2.38. The molecule has 1 aromatic rings. The summed E-state index contributed by atoms with van der Waals surface area (Å²) in [6.45, 7) is 12.0. The highest BCUT2D eigenvalue weighted by atomic mass is 16.6. The average molecular weight is 519 g/mol. The van der Waals surface area contributed by atoms with Crippen LogP contribution in [0.5, 0.6) is 11.5 Å². The fourth-order valence-electron chi connectivity index (χ4n) is 5.08. The van der Waals surface area contributed by atoms with E-state index in [2.05, 4.69) is 5.32 Å². The zero-order valence-electron chi connectivity index (χ0n) is 23.2. The Morgan fingerprint density at radius 3 is 2.30 bits per heavy atom. The quantitative estimate of drug-likeness (QED) is 0.385. The Hall–Kier alpha value is -2.32. The maximum Gasteiger partial charge on any atom is 0.325 e. The topological polar surface area (TPSA) is 108 Å². The van der Waals surface area contributed by atoms with Gasteiger partial charge in [-0.25, -0.2) is 0 Å². The first-order valence-corrected chi connectivity index (χ1v) is 13.9. The molecule has 1 saturated heterocycles. The molecule has 208 valence electrons. The first kappa shape index (κ1) is 29.2. The standard InChI is InChI=1S/C29H46N2O6/c1-19(2)22-16-23(26(33)17-25(22)32)27(34)31-14-11-20(12-15-31)10-13-30-24(18-36-29(3,4)5)28(35)37-21-8-6-7-9-21/h16-17,19-21,24,30,32-33H,6-15,18H2,1-5H3/t24-/m0/s1. The molecule has 1 saturated carbocycles. The monoisotopic (exact) mass is 518 g/mol. The molecule has 0 unspecified atom stereocenters. The molecule has 3 rings (SSSR count). The molecule has 1 aromatic carbocycles. The normalized spacial score (nSPS) is 18.4. The summed E-state index contributed by atoms with van der Waals surface area (Å²) in [4.78, 5) is 27.7. The predicted octanol–water partition coefficient (Wildman–Crippen LogP) is 4.72. The number of ether oxygens (including phenoxy) is 2. The number of hydrogen-bond donors (Lipinski definition) is 3. The van der Waals surface area contributed by atoms with Crippen molar-refractivity contribution in [2.24, 2.45) is 5.92 Å². The smallest absolute Gasteiger partial charge is 0.325 e. The lowest BCUT2D eigenvalue weighted by Crippen LogP contribution is -2.45. The molecule has 2 aliphatic rings. The van der Waals surface area contributed by atoms with E-state index in [1.807, 2.05) is 34.6 Å². The molecule has 1 aliphatic heterocycles. The van der Waals surface area contributed by atoms with Crippen LogP contribution in [0.2, 0.25) is 0 Å².